The molecule has 0 rings (SSSR count). The van der Waals surface area contributed by atoms with Gasteiger partial charge in [-0.15, -0.1) is 12.3 Å². The minimum Gasteiger partial charge on any atom is -0.120 e. The number of rotatable bonds is 5. The fourth-order valence-corrected chi connectivity index (χ4v) is 0.666. The van der Waals surface area contributed by atoms with Crippen LogP contribution in [0.15, 0.2) is 6.08 Å². The molecule has 9 heavy (non-hydrogen) atoms. The van der Waals surface area contributed by atoms with Crippen LogP contribution in [0.25, 0.3) is 0 Å². The molecule has 0 spiro atoms. The molecule has 0 unspecified atom stereocenters. The quantitative estimate of drug-likeness (QED) is 0.387. The summed E-state index contributed by atoms with van der Waals surface area (Å²) >= 11 is 0. The summed E-state index contributed by atoms with van der Waals surface area (Å²) in [4.78, 5) is 0. The molecule has 0 nitrogen and oxygen atoms in total. The maximum atomic E-state index is 5.18. The van der Waals surface area contributed by atoms with Gasteiger partial charge in [-0.1, -0.05) is 19.1 Å². The predicted molar refractivity (Wildman–Crippen MR) is 40.8 cm³/mol. The van der Waals surface area contributed by atoms with Crippen molar-refractivity contribution in [2.75, 3.05) is 0 Å². The van der Waals surface area contributed by atoms with Gasteiger partial charge in [-0.05, 0) is 19.3 Å². The Morgan fingerprint density at radius 2 is 2.00 bits per heavy atom. The summed E-state index contributed by atoms with van der Waals surface area (Å²) < 4.78 is 0. The molecule has 0 heteroatoms. The summed E-state index contributed by atoms with van der Waals surface area (Å²) in [6.07, 6.45) is 12.2. The molecular formula is C9H13. The van der Waals surface area contributed by atoms with E-state index in [4.69, 9.17) is 13.0 Å². The second-order valence-corrected chi connectivity index (χ2v) is 2.04. The molecule has 0 fully saturated rings. The van der Waals surface area contributed by atoms with E-state index in [1.807, 2.05) is 0 Å². The maximum absolute atomic E-state index is 5.18. The summed E-state index contributed by atoms with van der Waals surface area (Å²) in [6.45, 7) is 5.18. The van der Waals surface area contributed by atoms with Crippen molar-refractivity contribution in [3.63, 3.8) is 0 Å². The third-order valence-electron chi connectivity index (χ3n) is 1.19. The first-order valence-electron chi connectivity index (χ1n) is 3.38. The molecule has 0 aromatic carbocycles. The van der Waals surface area contributed by atoms with Gasteiger partial charge in [-0.3, -0.25) is 0 Å². The Morgan fingerprint density at radius 1 is 1.22 bits per heavy atom. The Hall–Kier alpha value is -0.700. The first-order valence-corrected chi connectivity index (χ1v) is 3.38. The van der Waals surface area contributed by atoms with Crippen LogP contribution in [0.3, 0.4) is 0 Å². The van der Waals surface area contributed by atoms with Gasteiger partial charge >= 0.3 is 0 Å². The normalized spacial score (nSPS) is 8.33. The number of hydrogen-bond acceptors (Lipinski definition) is 0. The van der Waals surface area contributed by atoms with E-state index in [-0.39, 0.29) is 0 Å². The van der Waals surface area contributed by atoms with Gasteiger partial charge in [0.1, 0.15) is 0 Å². The van der Waals surface area contributed by atoms with Gasteiger partial charge in [-0.25, -0.2) is 0 Å². The van der Waals surface area contributed by atoms with Crippen molar-refractivity contribution in [3.8, 4) is 12.3 Å². The lowest BCUT2D eigenvalue weighted by atomic mass is 10.1. The van der Waals surface area contributed by atoms with Crippen LogP contribution in [0, 0.1) is 18.9 Å². The van der Waals surface area contributed by atoms with Gasteiger partial charge in [0.05, 0.1) is 0 Å². The van der Waals surface area contributed by atoms with E-state index in [2.05, 4.69) is 5.92 Å². The summed E-state index contributed by atoms with van der Waals surface area (Å²) in [5.41, 5.74) is 0. The van der Waals surface area contributed by atoms with Crippen molar-refractivity contribution in [2.24, 2.45) is 0 Å². The third kappa shape index (κ3) is 7.30. The summed E-state index contributed by atoms with van der Waals surface area (Å²) in [6, 6.07) is 0. The lowest BCUT2D eigenvalue weighted by molar-refractivity contribution is 0.702. The Labute approximate surface area is 58.0 Å². The molecule has 0 aromatic rings. The minimum atomic E-state index is 0.907. The van der Waals surface area contributed by atoms with Gasteiger partial charge in [0.25, 0.3) is 0 Å². The van der Waals surface area contributed by atoms with Crippen molar-refractivity contribution in [1.82, 2.24) is 0 Å². The van der Waals surface area contributed by atoms with Crippen LogP contribution in [0.4, 0.5) is 0 Å². The first-order chi connectivity index (χ1) is 4.41. The second kappa shape index (κ2) is 7.30. The molecule has 1 radical (unpaired) electrons. The maximum Gasteiger partial charge on any atom is 0.00860 e. The highest BCUT2D eigenvalue weighted by Crippen LogP contribution is 2.01. The molecule has 0 heterocycles. The van der Waals surface area contributed by atoms with E-state index in [0.29, 0.717) is 0 Å². The van der Waals surface area contributed by atoms with E-state index in [9.17, 15) is 0 Å². The van der Waals surface area contributed by atoms with E-state index < -0.39 is 0 Å². The zero-order valence-electron chi connectivity index (χ0n) is 5.77. The fourth-order valence-electron chi connectivity index (χ4n) is 0.666. The van der Waals surface area contributed by atoms with Crippen molar-refractivity contribution >= 4 is 0 Å². The van der Waals surface area contributed by atoms with Crippen LogP contribution in [0.2, 0.25) is 0 Å². The molecule has 0 saturated heterocycles. The van der Waals surface area contributed by atoms with Crippen LogP contribution >= 0.6 is 0 Å². The molecule has 0 aliphatic rings. The lowest BCUT2D eigenvalue weighted by Crippen LogP contribution is -1.73. The standard InChI is InChI=1S/C9H13/c1-3-5-7-9-8-6-4-2/h1-3H,5-9H2. The molecule has 0 aliphatic heterocycles. The number of hydrogen-bond donors (Lipinski definition) is 0. The van der Waals surface area contributed by atoms with Crippen LogP contribution in [-0.4, -0.2) is 0 Å². The zero-order valence-corrected chi connectivity index (χ0v) is 5.77. The topological polar surface area (TPSA) is 0 Å². The molecule has 0 aliphatic carbocycles. The summed E-state index contributed by atoms with van der Waals surface area (Å²) in [7, 11) is 0. The van der Waals surface area contributed by atoms with Gasteiger partial charge in [0.15, 0.2) is 0 Å². The fraction of sp³-hybridized carbons (Fsp3) is 0.556. The molecule has 0 atom stereocenters. The van der Waals surface area contributed by atoms with Gasteiger partial charge in [0.2, 0.25) is 0 Å². The van der Waals surface area contributed by atoms with Gasteiger partial charge < -0.3 is 0 Å². The molecule has 0 saturated carbocycles. The lowest BCUT2D eigenvalue weighted by Gasteiger charge is -1.91. The van der Waals surface area contributed by atoms with Crippen molar-refractivity contribution in [3.05, 3.63) is 12.7 Å². The van der Waals surface area contributed by atoms with E-state index in [1.165, 1.54) is 12.8 Å². The molecule has 0 bridgehead atoms. The summed E-state index contributed by atoms with van der Waals surface area (Å²) in [5, 5.41) is 0. The second-order valence-electron chi connectivity index (χ2n) is 2.04. The largest absolute Gasteiger partial charge is 0.120 e. The van der Waals surface area contributed by atoms with Gasteiger partial charge in [-0.2, -0.15) is 0 Å². The predicted octanol–water partition coefficient (Wildman–Crippen LogP) is 2.56. The van der Waals surface area contributed by atoms with Crippen LogP contribution in [0.1, 0.15) is 32.1 Å². The van der Waals surface area contributed by atoms with E-state index in [1.54, 1.807) is 6.08 Å². The number of terminal acetylenes is 1. The van der Waals surface area contributed by atoms with Crippen molar-refractivity contribution < 1.29 is 0 Å². The average molecular weight is 121 g/mol. The Kier molecular flexibility index (Phi) is 6.73. The molecule has 0 N–H and O–H groups in total. The van der Waals surface area contributed by atoms with Crippen molar-refractivity contribution in [1.29, 1.82) is 0 Å². The Bertz CT molecular complexity index is 95.1. The minimum absolute atomic E-state index is 0.907. The SMILES string of the molecule is [CH]=CCCCCCC#C. The monoisotopic (exact) mass is 121 g/mol. The highest BCUT2D eigenvalue weighted by atomic mass is 13.9. The molecular weight excluding hydrogens is 108 g/mol. The highest BCUT2D eigenvalue weighted by molar-refractivity contribution is 4.82. The molecule has 0 aromatic heterocycles. The van der Waals surface area contributed by atoms with Crippen molar-refractivity contribution in [2.45, 2.75) is 32.1 Å². The number of unbranched alkanes of at least 4 members (excludes halogenated alkanes) is 4. The average Bonchev–Trinajstić information content (AvgIpc) is 1.89. The zero-order chi connectivity index (χ0) is 6.95. The van der Waals surface area contributed by atoms with Crippen LogP contribution in [-0.2, 0) is 0 Å². The van der Waals surface area contributed by atoms with Crippen LogP contribution < -0.4 is 0 Å². The van der Waals surface area contributed by atoms with E-state index >= 15 is 0 Å². The molecule has 49 valence electrons. The smallest absolute Gasteiger partial charge is 0.00860 e. The Balaban J connectivity index is 2.76. The summed E-state index contributed by atoms with van der Waals surface area (Å²) in [5.74, 6) is 2.60. The number of allylic oxidation sites excluding steroid dienone is 1. The highest BCUT2D eigenvalue weighted by Gasteiger charge is 1.83. The Morgan fingerprint density at radius 3 is 2.56 bits per heavy atom. The third-order valence-corrected chi connectivity index (χ3v) is 1.19. The van der Waals surface area contributed by atoms with Crippen LogP contribution in [0.5, 0.6) is 0 Å². The first kappa shape index (κ1) is 8.30. The van der Waals surface area contributed by atoms with Gasteiger partial charge in [0, 0.05) is 6.42 Å². The van der Waals surface area contributed by atoms with E-state index in [0.717, 1.165) is 19.3 Å². The molecule has 0 amide bonds.